The van der Waals surface area contributed by atoms with Crippen molar-refractivity contribution in [2.75, 3.05) is 13.1 Å². The molecule has 1 aromatic carbocycles. The van der Waals surface area contributed by atoms with Crippen LogP contribution in [-0.2, 0) is 13.1 Å². The lowest BCUT2D eigenvalue weighted by atomic mass is 10.00. The monoisotopic (exact) mass is 404 g/mol. The Bertz CT molecular complexity index is 1230. The van der Waals surface area contributed by atoms with Gasteiger partial charge in [0.1, 0.15) is 11.5 Å². The second-order valence-electron chi connectivity index (χ2n) is 7.89. The molecule has 9 nitrogen and oxygen atoms in total. The molecule has 0 spiro atoms. The minimum atomic E-state index is -0.619. The number of fused-ring (bicyclic) bond motifs is 3. The third-order valence-electron chi connectivity index (χ3n) is 5.87. The molecule has 0 bridgehead atoms. The number of carbonyl (C=O) groups excluding carboxylic acids is 1. The maximum atomic E-state index is 12.7. The summed E-state index contributed by atoms with van der Waals surface area (Å²) in [4.78, 5) is 47.7. The van der Waals surface area contributed by atoms with Gasteiger partial charge in [0, 0.05) is 43.9 Å². The van der Waals surface area contributed by atoms with Gasteiger partial charge in [-0.05, 0) is 12.5 Å². The van der Waals surface area contributed by atoms with Crippen LogP contribution in [0.1, 0.15) is 33.4 Å². The summed E-state index contributed by atoms with van der Waals surface area (Å²) < 4.78 is 2.72. The highest BCUT2D eigenvalue weighted by atomic mass is 16.2. The lowest BCUT2D eigenvalue weighted by Crippen LogP contribution is -2.44. The van der Waals surface area contributed by atoms with Crippen LogP contribution in [0.25, 0.3) is 0 Å². The normalized spacial score (nSPS) is 19.6. The summed E-state index contributed by atoms with van der Waals surface area (Å²) in [5.74, 6) is 0.370. The molecule has 9 heteroatoms. The molecule has 1 fully saturated rings. The fourth-order valence-electron chi connectivity index (χ4n) is 4.30. The zero-order valence-corrected chi connectivity index (χ0v) is 16.4. The summed E-state index contributed by atoms with van der Waals surface area (Å²) in [6.45, 7) is 3.56. The molecule has 4 heterocycles. The molecule has 0 saturated carbocycles. The van der Waals surface area contributed by atoms with E-state index in [0.29, 0.717) is 31.2 Å². The molecule has 2 aromatic heterocycles. The molecule has 1 saturated heterocycles. The standard InChI is InChI=1S/C21H20N6O3/c1-13-2-4-14(5-3-13)9-27-21(30)20(29)26-11-15-10-25(12-16(15)18(26)24-27)19(28)17-8-22-6-7-23-17/h2-8,15-16H,9-12H2,1H3/t15-,16+/m0/s1. The average molecular weight is 404 g/mol. The fourth-order valence-corrected chi connectivity index (χ4v) is 4.30. The molecule has 0 unspecified atom stereocenters. The molecule has 2 aliphatic rings. The molecule has 2 aliphatic heterocycles. The van der Waals surface area contributed by atoms with Crippen molar-refractivity contribution in [2.24, 2.45) is 5.92 Å². The van der Waals surface area contributed by atoms with Crippen LogP contribution in [0.4, 0.5) is 0 Å². The highest BCUT2D eigenvalue weighted by Gasteiger charge is 2.44. The Kier molecular flexibility index (Phi) is 4.30. The number of carbonyl (C=O) groups is 1. The summed E-state index contributed by atoms with van der Waals surface area (Å²) in [6.07, 6.45) is 4.46. The maximum absolute atomic E-state index is 12.7. The first-order chi connectivity index (χ1) is 14.5. The summed E-state index contributed by atoms with van der Waals surface area (Å²) in [5.41, 5.74) is 1.15. The average Bonchev–Trinajstić information content (AvgIpc) is 3.32. The Morgan fingerprint density at radius 2 is 1.87 bits per heavy atom. The van der Waals surface area contributed by atoms with Gasteiger partial charge < -0.3 is 4.90 Å². The van der Waals surface area contributed by atoms with E-state index >= 15 is 0 Å². The predicted octanol–water partition coefficient (Wildman–Crippen LogP) is 0.421. The van der Waals surface area contributed by atoms with Crippen molar-refractivity contribution >= 4 is 5.91 Å². The van der Waals surface area contributed by atoms with Crippen molar-refractivity contribution in [3.8, 4) is 0 Å². The number of rotatable bonds is 3. The molecule has 0 aliphatic carbocycles. The van der Waals surface area contributed by atoms with Crippen molar-refractivity contribution < 1.29 is 4.79 Å². The Hall–Kier alpha value is -3.62. The van der Waals surface area contributed by atoms with E-state index in [9.17, 15) is 14.4 Å². The summed E-state index contributed by atoms with van der Waals surface area (Å²) in [5, 5.41) is 4.54. The van der Waals surface area contributed by atoms with E-state index in [4.69, 9.17) is 0 Å². The number of hydrogen-bond acceptors (Lipinski definition) is 6. The van der Waals surface area contributed by atoms with Crippen LogP contribution < -0.4 is 11.1 Å². The number of aryl methyl sites for hydroxylation is 1. The van der Waals surface area contributed by atoms with Crippen molar-refractivity contribution in [1.29, 1.82) is 0 Å². The SMILES string of the molecule is Cc1ccc(Cn2nc3n(c(=O)c2=O)C[C@@H]2CN(C(=O)c4cnccn4)C[C@@H]32)cc1. The Labute approximate surface area is 171 Å². The number of benzene rings is 1. The number of nitrogens with zero attached hydrogens (tertiary/aromatic N) is 6. The third-order valence-corrected chi connectivity index (χ3v) is 5.87. The first-order valence-electron chi connectivity index (χ1n) is 9.84. The van der Waals surface area contributed by atoms with Gasteiger partial charge in [-0.3, -0.25) is 23.9 Å². The molecule has 152 valence electrons. The second-order valence-corrected chi connectivity index (χ2v) is 7.89. The minimum absolute atomic E-state index is 0.0560. The van der Waals surface area contributed by atoms with Gasteiger partial charge in [-0.25, -0.2) is 9.67 Å². The summed E-state index contributed by atoms with van der Waals surface area (Å²) in [7, 11) is 0. The third kappa shape index (κ3) is 3.02. The number of hydrogen-bond donors (Lipinski definition) is 0. The van der Waals surface area contributed by atoms with Crippen LogP contribution in [0.15, 0.2) is 52.4 Å². The van der Waals surface area contributed by atoms with Gasteiger partial charge in [-0.1, -0.05) is 29.8 Å². The van der Waals surface area contributed by atoms with Gasteiger partial charge in [-0.2, -0.15) is 5.10 Å². The van der Waals surface area contributed by atoms with Crippen LogP contribution in [0.5, 0.6) is 0 Å². The largest absolute Gasteiger partial charge is 0.336 e. The molecular formula is C21H20N6O3. The highest BCUT2D eigenvalue weighted by molar-refractivity contribution is 5.92. The molecule has 0 radical (unpaired) electrons. The first kappa shape index (κ1) is 18.4. The molecule has 30 heavy (non-hydrogen) atoms. The van der Waals surface area contributed by atoms with Crippen molar-refractivity contribution in [1.82, 2.24) is 29.2 Å². The summed E-state index contributed by atoms with van der Waals surface area (Å²) >= 11 is 0. The Morgan fingerprint density at radius 1 is 1.07 bits per heavy atom. The number of likely N-dealkylation sites (tertiary alicyclic amines) is 1. The summed E-state index contributed by atoms with van der Waals surface area (Å²) in [6, 6.07) is 7.77. The van der Waals surface area contributed by atoms with E-state index in [-0.39, 0.29) is 24.3 Å². The van der Waals surface area contributed by atoms with Gasteiger partial charge >= 0.3 is 11.1 Å². The topological polar surface area (TPSA) is 103 Å². The quantitative estimate of drug-likeness (QED) is 0.586. The van der Waals surface area contributed by atoms with E-state index in [0.717, 1.165) is 11.1 Å². The zero-order valence-electron chi connectivity index (χ0n) is 16.4. The molecular weight excluding hydrogens is 384 g/mol. The van der Waals surface area contributed by atoms with E-state index in [1.54, 1.807) is 4.90 Å². The fraction of sp³-hybridized carbons (Fsp3) is 0.333. The van der Waals surface area contributed by atoms with Gasteiger partial charge in [0.15, 0.2) is 0 Å². The lowest BCUT2D eigenvalue weighted by Gasteiger charge is -2.17. The van der Waals surface area contributed by atoms with Crippen molar-refractivity contribution in [3.63, 3.8) is 0 Å². The van der Waals surface area contributed by atoms with E-state index in [1.807, 2.05) is 31.2 Å². The van der Waals surface area contributed by atoms with Crippen LogP contribution in [0.3, 0.4) is 0 Å². The minimum Gasteiger partial charge on any atom is -0.336 e. The molecule has 3 aromatic rings. The van der Waals surface area contributed by atoms with E-state index in [1.165, 1.54) is 27.8 Å². The van der Waals surface area contributed by atoms with Crippen LogP contribution >= 0.6 is 0 Å². The maximum Gasteiger partial charge on any atom is 0.332 e. The number of aromatic nitrogens is 5. The Morgan fingerprint density at radius 3 is 2.60 bits per heavy atom. The van der Waals surface area contributed by atoms with Gasteiger partial charge in [0.2, 0.25) is 0 Å². The van der Waals surface area contributed by atoms with Gasteiger partial charge in [0.25, 0.3) is 5.91 Å². The van der Waals surface area contributed by atoms with Crippen LogP contribution in [-0.4, -0.2) is 48.2 Å². The van der Waals surface area contributed by atoms with Gasteiger partial charge in [-0.15, -0.1) is 0 Å². The second kappa shape index (κ2) is 7.01. The predicted molar refractivity (Wildman–Crippen MR) is 107 cm³/mol. The molecule has 1 amide bonds. The van der Waals surface area contributed by atoms with Crippen molar-refractivity contribution in [2.45, 2.75) is 25.9 Å². The zero-order chi connectivity index (χ0) is 20.8. The first-order valence-corrected chi connectivity index (χ1v) is 9.84. The van der Waals surface area contributed by atoms with E-state index < -0.39 is 11.1 Å². The lowest BCUT2D eigenvalue weighted by molar-refractivity contribution is 0.0776. The van der Waals surface area contributed by atoms with Gasteiger partial charge in [0.05, 0.1) is 12.7 Å². The van der Waals surface area contributed by atoms with Crippen molar-refractivity contribution in [3.05, 3.63) is 86.2 Å². The molecule has 5 rings (SSSR count). The molecule has 0 N–H and O–H groups in total. The smallest absolute Gasteiger partial charge is 0.332 e. The highest BCUT2D eigenvalue weighted by Crippen LogP contribution is 2.37. The Balaban J connectivity index is 1.44. The van der Waals surface area contributed by atoms with E-state index in [2.05, 4.69) is 15.1 Å². The molecule has 2 atom stereocenters. The van der Waals surface area contributed by atoms with Crippen LogP contribution in [0.2, 0.25) is 0 Å². The number of amides is 1. The van der Waals surface area contributed by atoms with Crippen LogP contribution in [0, 0.1) is 12.8 Å².